The fourth-order valence-corrected chi connectivity index (χ4v) is 4.40. The Morgan fingerprint density at radius 2 is 1.72 bits per heavy atom. The van der Waals surface area contributed by atoms with Gasteiger partial charge in [0.2, 0.25) is 0 Å². The number of rotatable bonds is 7. The van der Waals surface area contributed by atoms with Crippen molar-refractivity contribution in [3.05, 3.63) is 94.5 Å². The lowest BCUT2D eigenvalue weighted by Crippen LogP contribution is -2.33. The molecule has 4 rings (SSSR count). The van der Waals surface area contributed by atoms with E-state index in [4.69, 9.17) is 15.8 Å². The summed E-state index contributed by atoms with van der Waals surface area (Å²) in [5.41, 5.74) is 0.570. The van der Waals surface area contributed by atoms with Crippen LogP contribution < -0.4 is 4.18 Å². The summed E-state index contributed by atoms with van der Waals surface area (Å²) in [6, 6.07) is 14.0. The maximum atomic E-state index is 13.6. The molecule has 3 aromatic carbocycles. The van der Waals surface area contributed by atoms with Gasteiger partial charge in [-0.15, -0.1) is 0 Å². The lowest BCUT2D eigenvalue weighted by atomic mass is 10.1. The fourth-order valence-electron chi connectivity index (χ4n) is 3.24. The molecule has 1 saturated carbocycles. The molecule has 0 aliphatic heterocycles. The molecule has 166 valence electrons. The van der Waals surface area contributed by atoms with Gasteiger partial charge in [0, 0.05) is 22.2 Å². The van der Waals surface area contributed by atoms with Crippen molar-refractivity contribution in [2.45, 2.75) is 30.3 Å². The maximum absolute atomic E-state index is 13.6. The van der Waals surface area contributed by atoms with Crippen LogP contribution in [0.25, 0.3) is 0 Å². The molecule has 3 aromatic rings. The van der Waals surface area contributed by atoms with Crippen LogP contribution >= 0.6 is 11.6 Å². The van der Waals surface area contributed by atoms with Crippen LogP contribution in [0, 0.1) is 11.6 Å². The molecule has 0 spiro atoms. The molecule has 0 heterocycles. The van der Waals surface area contributed by atoms with Gasteiger partial charge >= 0.3 is 10.1 Å². The number of carbonyl (C=O) groups excluding carboxylic acids is 1. The minimum Gasteiger partial charge on any atom is -0.379 e. The quantitative estimate of drug-likeness (QED) is 0.439. The van der Waals surface area contributed by atoms with Crippen LogP contribution in [0.15, 0.2) is 71.6 Å². The third kappa shape index (κ3) is 5.08. The minimum absolute atomic E-state index is 0.00332. The minimum atomic E-state index is -4.25. The van der Waals surface area contributed by atoms with E-state index in [-0.39, 0.29) is 34.7 Å². The van der Waals surface area contributed by atoms with Crippen LogP contribution in [0.4, 0.5) is 8.78 Å². The highest BCUT2D eigenvalue weighted by atomic mass is 35.5. The summed E-state index contributed by atoms with van der Waals surface area (Å²) in [7, 11) is -4.25. The first-order chi connectivity index (χ1) is 15.2. The lowest BCUT2D eigenvalue weighted by Gasteiger charge is -2.24. The van der Waals surface area contributed by atoms with E-state index in [1.165, 1.54) is 36.4 Å². The molecule has 1 aliphatic carbocycles. The summed E-state index contributed by atoms with van der Waals surface area (Å²) in [5.74, 6) is -1.48. The van der Waals surface area contributed by atoms with Gasteiger partial charge in [0.05, 0.1) is 6.54 Å². The number of hydrogen-bond acceptors (Lipinski definition) is 4. The van der Waals surface area contributed by atoms with Crippen LogP contribution in [-0.2, 0) is 16.7 Å². The largest absolute Gasteiger partial charge is 0.379 e. The summed E-state index contributed by atoms with van der Waals surface area (Å²) in [4.78, 5) is 14.4. The Morgan fingerprint density at radius 1 is 1.00 bits per heavy atom. The summed E-state index contributed by atoms with van der Waals surface area (Å²) < 4.78 is 57.5. The van der Waals surface area contributed by atoms with E-state index in [0.29, 0.717) is 10.6 Å². The highest BCUT2D eigenvalue weighted by molar-refractivity contribution is 7.87. The molecule has 0 bridgehead atoms. The Labute approximate surface area is 189 Å². The van der Waals surface area contributed by atoms with Crippen LogP contribution in [0.3, 0.4) is 0 Å². The van der Waals surface area contributed by atoms with Gasteiger partial charge in [-0.1, -0.05) is 17.7 Å². The topological polar surface area (TPSA) is 63.7 Å². The second-order valence-electron chi connectivity index (χ2n) is 7.42. The number of amides is 1. The predicted octanol–water partition coefficient (Wildman–Crippen LogP) is 5.19. The van der Waals surface area contributed by atoms with Crippen LogP contribution in [0.5, 0.6) is 5.75 Å². The molecule has 0 radical (unpaired) electrons. The SMILES string of the molecule is O=C(c1cccc(F)c1)N(Cc1cc(Cl)ccc1OS(=O)(=O)c1ccc(F)cc1)C1CC1. The number of benzene rings is 3. The van der Waals surface area contributed by atoms with E-state index in [1.807, 2.05) is 0 Å². The van der Waals surface area contributed by atoms with Gasteiger partial charge in [0.1, 0.15) is 22.3 Å². The first-order valence-corrected chi connectivity index (χ1v) is 11.6. The van der Waals surface area contributed by atoms with Crippen molar-refractivity contribution in [1.29, 1.82) is 0 Å². The van der Waals surface area contributed by atoms with Crippen molar-refractivity contribution in [3.63, 3.8) is 0 Å². The van der Waals surface area contributed by atoms with E-state index >= 15 is 0 Å². The monoisotopic (exact) mass is 477 g/mol. The second kappa shape index (κ2) is 8.88. The highest BCUT2D eigenvalue weighted by Crippen LogP contribution is 2.33. The summed E-state index contributed by atoms with van der Waals surface area (Å²) in [5, 5.41) is 0.334. The predicted molar refractivity (Wildman–Crippen MR) is 115 cm³/mol. The third-order valence-corrected chi connectivity index (χ3v) is 6.47. The van der Waals surface area contributed by atoms with Crippen molar-refractivity contribution in [1.82, 2.24) is 4.90 Å². The summed E-state index contributed by atoms with van der Waals surface area (Å²) >= 11 is 6.12. The fraction of sp³-hybridized carbons (Fsp3) is 0.174. The Kier molecular flexibility index (Phi) is 6.17. The lowest BCUT2D eigenvalue weighted by molar-refractivity contribution is 0.0729. The number of carbonyl (C=O) groups is 1. The molecule has 0 aromatic heterocycles. The number of nitrogens with zero attached hydrogens (tertiary/aromatic N) is 1. The zero-order valence-corrected chi connectivity index (χ0v) is 18.2. The third-order valence-electron chi connectivity index (χ3n) is 4.99. The van der Waals surface area contributed by atoms with Crippen molar-refractivity contribution in [2.24, 2.45) is 0 Å². The highest BCUT2D eigenvalue weighted by Gasteiger charge is 2.34. The molecule has 32 heavy (non-hydrogen) atoms. The molecule has 1 aliphatic rings. The molecule has 5 nitrogen and oxygen atoms in total. The first-order valence-electron chi connectivity index (χ1n) is 9.78. The average Bonchev–Trinajstić information content (AvgIpc) is 3.59. The Morgan fingerprint density at radius 3 is 2.38 bits per heavy atom. The molecule has 0 atom stereocenters. The zero-order valence-electron chi connectivity index (χ0n) is 16.7. The van der Waals surface area contributed by atoms with Gasteiger partial charge < -0.3 is 9.08 Å². The van der Waals surface area contributed by atoms with E-state index in [0.717, 1.165) is 43.2 Å². The van der Waals surface area contributed by atoms with E-state index in [2.05, 4.69) is 0 Å². The van der Waals surface area contributed by atoms with E-state index in [9.17, 15) is 22.0 Å². The molecular formula is C23H18ClF2NO4S. The van der Waals surface area contributed by atoms with Gasteiger partial charge in [0.15, 0.2) is 0 Å². The second-order valence-corrected chi connectivity index (χ2v) is 9.40. The Balaban J connectivity index is 1.64. The van der Waals surface area contributed by atoms with Crippen molar-refractivity contribution in [2.75, 3.05) is 0 Å². The molecule has 0 saturated heterocycles. The first kappa shape index (κ1) is 22.2. The van der Waals surface area contributed by atoms with Crippen molar-refractivity contribution in [3.8, 4) is 5.75 Å². The van der Waals surface area contributed by atoms with Gasteiger partial charge in [-0.05, 0) is 73.5 Å². The summed E-state index contributed by atoms with van der Waals surface area (Å²) in [6.45, 7) is 0.0227. The standard InChI is InChI=1S/C23H18ClF2NO4S/c24-17-4-11-22(31-32(29,30)21-9-5-18(25)6-10-21)16(12-17)14-27(20-7-8-20)23(28)15-2-1-3-19(26)13-15/h1-6,9-13,20H,7-8,14H2. The van der Waals surface area contributed by atoms with Crippen LogP contribution in [0.2, 0.25) is 5.02 Å². The van der Waals surface area contributed by atoms with E-state index in [1.54, 1.807) is 4.90 Å². The molecule has 0 N–H and O–H groups in total. The Bertz CT molecular complexity index is 1260. The summed E-state index contributed by atoms with van der Waals surface area (Å²) in [6.07, 6.45) is 1.57. The smallest absolute Gasteiger partial charge is 0.339 e. The number of hydrogen-bond donors (Lipinski definition) is 0. The van der Waals surface area contributed by atoms with Gasteiger partial charge in [-0.25, -0.2) is 8.78 Å². The molecule has 1 amide bonds. The van der Waals surface area contributed by atoms with Gasteiger partial charge in [-0.3, -0.25) is 4.79 Å². The van der Waals surface area contributed by atoms with E-state index < -0.39 is 21.8 Å². The van der Waals surface area contributed by atoms with Gasteiger partial charge in [0.25, 0.3) is 5.91 Å². The van der Waals surface area contributed by atoms with Crippen LogP contribution in [-0.4, -0.2) is 25.3 Å². The maximum Gasteiger partial charge on any atom is 0.339 e. The van der Waals surface area contributed by atoms with Gasteiger partial charge in [-0.2, -0.15) is 8.42 Å². The number of halogens is 3. The normalized spacial score (nSPS) is 13.6. The van der Waals surface area contributed by atoms with Crippen molar-refractivity contribution < 1.29 is 26.2 Å². The molecule has 0 unspecified atom stereocenters. The molecule has 1 fully saturated rings. The molecule has 9 heteroatoms. The average molecular weight is 478 g/mol. The Hall–Kier alpha value is -2.97. The van der Waals surface area contributed by atoms with Crippen LogP contribution in [0.1, 0.15) is 28.8 Å². The molecular weight excluding hydrogens is 460 g/mol. The zero-order chi connectivity index (χ0) is 22.9. The van der Waals surface area contributed by atoms with Crippen molar-refractivity contribution >= 4 is 27.6 Å².